The first-order valence-corrected chi connectivity index (χ1v) is 8.36. The van der Waals surface area contributed by atoms with Crippen molar-refractivity contribution in [2.75, 3.05) is 20.2 Å². The van der Waals surface area contributed by atoms with E-state index in [-0.39, 0.29) is 12.5 Å². The molecule has 1 aliphatic heterocycles. The molecule has 0 aliphatic carbocycles. The van der Waals surface area contributed by atoms with Crippen LogP contribution in [0.15, 0.2) is 12.7 Å². The van der Waals surface area contributed by atoms with Crippen molar-refractivity contribution in [1.29, 1.82) is 0 Å². The van der Waals surface area contributed by atoms with Crippen molar-refractivity contribution < 1.29 is 24.2 Å². The van der Waals surface area contributed by atoms with Crippen LogP contribution in [0.25, 0.3) is 0 Å². The molecule has 0 aromatic heterocycles. The number of aliphatic hydroxyl groups is 1. The third-order valence-electron chi connectivity index (χ3n) is 4.13. The number of hydrogen-bond acceptors (Lipinski definition) is 6. The number of ether oxygens (including phenoxy) is 1. The summed E-state index contributed by atoms with van der Waals surface area (Å²) in [5, 5.41) is 15.3. The fourth-order valence-electron chi connectivity index (χ4n) is 2.66. The Morgan fingerprint density at radius 1 is 1.48 bits per heavy atom. The van der Waals surface area contributed by atoms with Gasteiger partial charge in [-0.1, -0.05) is 6.08 Å². The number of nitrogens with zero attached hydrogens (tertiary/aromatic N) is 1. The minimum absolute atomic E-state index is 0.316. The van der Waals surface area contributed by atoms with Gasteiger partial charge in [0.05, 0.1) is 19.2 Å². The van der Waals surface area contributed by atoms with Gasteiger partial charge in [0.2, 0.25) is 5.91 Å². The lowest BCUT2D eigenvalue weighted by Gasteiger charge is -2.27. The Bertz CT molecular complexity index is 488. The Morgan fingerprint density at radius 2 is 2.20 bits per heavy atom. The number of hydrogen-bond donors (Lipinski definition) is 3. The maximum absolute atomic E-state index is 12.4. The minimum atomic E-state index is -1.48. The summed E-state index contributed by atoms with van der Waals surface area (Å²) in [7, 11) is 6.97. The van der Waals surface area contributed by atoms with Crippen molar-refractivity contribution in [3.8, 4) is 0 Å². The van der Waals surface area contributed by atoms with Crippen LogP contribution in [0.1, 0.15) is 32.1 Å². The molecular formula is C16H26BN3O5. The number of carbonyl (C=O) groups excluding carboxylic acids is 3. The van der Waals surface area contributed by atoms with Gasteiger partial charge in [-0.25, -0.2) is 0 Å². The summed E-state index contributed by atoms with van der Waals surface area (Å²) >= 11 is 0. The molecule has 0 aromatic carbocycles. The largest absolute Gasteiger partial charge is 0.468 e. The molecule has 0 bridgehead atoms. The van der Waals surface area contributed by atoms with Crippen LogP contribution in [0, 0.1) is 0 Å². The van der Waals surface area contributed by atoms with Gasteiger partial charge in [0.15, 0.2) is 14.1 Å². The van der Waals surface area contributed by atoms with E-state index < -0.39 is 30.1 Å². The molecule has 1 saturated heterocycles. The maximum Gasteiger partial charge on any atom is 0.325 e. The Morgan fingerprint density at radius 3 is 2.76 bits per heavy atom. The molecule has 0 saturated carbocycles. The zero-order valence-electron chi connectivity index (χ0n) is 14.6. The van der Waals surface area contributed by atoms with Crippen molar-refractivity contribution in [3.05, 3.63) is 12.7 Å². The Hall–Kier alpha value is -1.87. The molecular weight excluding hydrogens is 325 g/mol. The van der Waals surface area contributed by atoms with Gasteiger partial charge in [0.25, 0.3) is 5.91 Å². The summed E-state index contributed by atoms with van der Waals surface area (Å²) in [5.74, 6) is -1.69. The van der Waals surface area contributed by atoms with Crippen LogP contribution < -0.4 is 10.6 Å². The normalized spacial score (nSPS) is 19.7. The van der Waals surface area contributed by atoms with E-state index in [2.05, 4.69) is 21.9 Å². The van der Waals surface area contributed by atoms with Crippen LogP contribution in [0.5, 0.6) is 0 Å². The third kappa shape index (κ3) is 6.87. The SMILES string of the molecule is [B]N1CCC[C@H]1C(=O)N[C@@H](CCCC=C)C(O)C(=O)NCC(=O)OC. The summed E-state index contributed by atoms with van der Waals surface area (Å²) in [4.78, 5) is 36.9. The van der Waals surface area contributed by atoms with Crippen LogP contribution >= 0.6 is 0 Å². The fraction of sp³-hybridized carbons (Fsp3) is 0.688. The number of carbonyl (C=O) groups is 3. The molecule has 1 aliphatic rings. The molecule has 2 amide bonds. The highest BCUT2D eigenvalue weighted by atomic mass is 16.5. The van der Waals surface area contributed by atoms with Crippen molar-refractivity contribution in [2.24, 2.45) is 0 Å². The summed E-state index contributed by atoms with van der Waals surface area (Å²) in [6.07, 6.45) is 3.42. The summed E-state index contributed by atoms with van der Waals surface area (Å²) in [6, 6.07) is -1.24. The zero-order valence-corrected chi connectivity index (χ0v) is 14.6. The highest BCUT2D eigenvalue weighted by Gasteiger charge is 2.32. The topological polar surface area (TPSA) is 108 Å². The predicted octanol–water partition coefficient (Wildman–Crippen LogP) is -0.974. The van der Waals surface area contributed by atoms with Gasteiger partial charge in [0.1, 0.15) is 6.54 Å². The van der Waals surface area contributed by atoms with E-state index in [0.717, 1.165) is 6.42 Å². The van der Waals surface area contributed by atoms with E-state index in [4.69, 9.17) is 7.98 Å². The van der Waals surface area contributed by atoms with E-state index in [9.17, 15) is 19.5 Å². The van der Waals surface area contributed by atoms with Gasteiger partial charge < -0.3 is 25.3 Å². The molecule has 138 valence electrons. The quantitative estimate of drug-likeness (QED) is 0.202. The highest BCUT2D eigenvalue weighted by molar-refractivity contribution is 6.07. The number of aliphatic hydroxyl groups excluding tert-OH is 1. The second-order valence-corrected chi connectivity index (χ2v) is 5.97. The lowest BCUT2D eigenvalue weighted by atomic mass is 10.0. The van der Waals surface area contributed by atoms with Gasteiger partial charge in [0, 0.05) is 0 Å². The molecule has 1 fully saturated rings. The van der Waals surface area contributed by atoms with Crippen LogP contribution in [-0.4, -0.2) is 74.1 Å². The van der Waals surface area contributed by atoms with E-state index in [1.54, 1.807) is 6.08 Å². The molecule has 2 radical (unpaired) electrons. The lowest BCUT2D eigenvalue weighted by Crippen LogP contribution is -2.54. The summed E-state index contributed by atoms with van der Waals surface area (Å²) < 4.78 is 4.43. The molecule has 1 heterocycles. The molecule has 8 nitrogen and oxygen atoms in total. The zero-order chi connectivity index (χ0) is 18.8. The molecule has 3 atom stereocenters. The highest BCUT2D eigenvalue weighted by Crippen LogP contribution is 2.15. The minimum Gasteiger partial charge on any atom is -0.468 e. The Kier molecular flexibility index (Phi) is 9.22. The van der Waals surface area contributed by atoms with Crippen LogP contribution in [0.2, 0.25) is 0 Å². The van der Waals surface area contributed by atoms with Gasteiger partial charge in [-0.3, -0.25) is 14.4 Å². The molecule has 0 spiro atoms. The smallest absolute Gasteiger partial charge is 0.325 e. The molecule has 9 heteroatoms. The monoisotopic (exact) mass is 351 g/mol. The van der Waals surface area contributed by atoms with Gasteiger partial charge >= 0.3 is 5.97 Å². The van der Waals surface area contributed by atoms with E-state index in [1.165, 1.54) is 11.9 Å². The predicted molar refractivity (Wildman–Crippen MR) is 92.5 cm³/mol. The van der Waals surface area contributed by atoms with Crippen molar-refractivity contribution in [3.63, 3.8) is 0 Å². The maximum atomic E-state index is 12.4. The fourth-order valence-corrected chi connectivity index (χ4v) is 2.66. The summed E-state index contributed by atoms with van der Waals surface area (Å²) in [6.45, 7) is 3.90. The average Bonchev–Trinajstić information content (AvgIpc) is 3.03. The molecule has 1 unspecified atom stereocenters. The van der Waals surface area contributed by atoms with Crippen molar-refractivity contribution in [1.82, 2.24) is 15.4 Å². The second-order valence-electron chi connectivity index (χ2n) is 5.97. The number of methoxy groups -OCH3 is 1. The first kappa shape index (κ1) is 21.2. The van der Waals surface area contributed by atoms with E-state index in [1.807, 2.05) is 0 Å². The van der Waals surface area contributed by atoms with E-state index in [0.29, 0.717) is 32.2 Å². The van der Waals surface area contributed by atoms with Crippen LogP contribution in [0.3, 0.4) is 0 Å². The third-order valence-corrected chi connectivity index (χ3v) is 4.13. The molecule has 3 N–H and O–H groups in total. The Balaban J connectivity index is 2.66. The molecule has 25 heavy (non-hydrogen) atoms. The van der Waals surface area contributed by atoms with Crippen LogP contribution in [0.4, 0.5) is 0 Å². The van der Waals surface area contributed by atoms with Gasteiger partial charge in [-0.15, -0.1) is 6.58 Å². The van der Waals surface area contributed by atoms with Crippen molar-refractivity contribution in [2.45, 2.75) is 50.3 Å². The number of nitrogens with one attached hydrogen (secondary N) is 2. The standard InChI is InChI=1S/C16H26BN3O5/c1-3-4-5-7-11(14(22)16(24)18-10-13(21)25-2)19-15(23)12-8-6-9-20(12)17/h3,11-12,14,22H,1,4-10H2,2H3,(H,18,24)(H,19,23)/t11-,12-,14?/m0/s1. The van der Waals surface area contributed by atoms with Crippen molar-refractivity contribution >= 4 is 25.8 Å². The lowest BCUT2D eigenvalue weighted by molar-refractivity contribution is -0.143. The first-order valence-electron chi connectivity index (χ1n) is 8.36. The van der Waals surface area contributed by atoms with E-state index >= 15 is 0 Å². The van der Waals surface area contributed by atoms with Gasteiger partial charge in [-0.2, -0.15) is 0 Å². The Labute approximate surface area is 149 Å². The second kappa shape index (κ2) is 10.9. The number of allylic oxidation sites excluding steroid dienone is 1. The van der Waals surface area contributed by atoms with Crippen LogP contribution in [-0.2, 0) is 19.1 Å². The molecule has 1 rings (SSSR count). The number of rotatable bonds is 10. The first-order chi connectivity index (χ1) is 11.9. The number of amides is 2. The number of esters is 1. The average molecular weight is 351 g/mol. The molecule has 0 aromatic rings. The number of unbranched alkanes of at least 4 members (excludes halogenated alkanes) is 1. The summed E-state index contributed by atoms with van der Waals surface area (Å²) in [5.41, 5.74) is 0. The van der Waals surface area contributed by atoms with Gasteiger partial charge in [-0.05, 0) is 38.6 Å².